The Bertz CT molecular complexity index is 1180. The number of anilines is 1. The molecule has 3 aromatic carbocycles. The molecule has 0 saturated heterocycles. The number of alkyl halides is 2. The van der Waals surface area contributed by atoms with Crippen LogP contribution in [0.4, 0.5) is 18.9 Å². The van der Waals surface area contributed by atoms with Gasteiger partial charge < -0.3 is 18.7 Å². The van der Waals surface area contributed by atoms with Gasteiger partial charge in [-0.25, -0.2) is 4.39 Å². The first-order valence-corrected chi connectivity index (χ1v) is 10.9. The Morgan fingerprint density at radius 3 is 2.42 bits per heavy atom. The molecule has 1 aromatic heterocycles. The molecule has 8 heteroatoms. The molecule has 1 heterocycles. The summed E-state index contributed by atoms with van der Waals surface area (Å²) in [6.45, 7) is -2.24. The summed E-state index contributed by atoms with van der Waals surface area (Å²) in [6.07, 6.45) is 1.15. The number of ether oxygens (including phenoxy) is 1. The Morgan fingerprint density at radius 2 is 1.71 bits per heavy atom. The molecule has 0 aliphatic carbocycles. The van der Waals surface area contributed by atoms with E-state index < -0.39 is 12.7 Å². The quantitative estimate of drug-likeness (QED) is 0.354. The first kappa shape index (κ1) is 21.4. The highest BCUT2D eigenvalue weighted by atomic mass is 32.2. The van der Waals surface area contributed by atoms with Gasteiger partial charge in [0.15, 0.2) is 0 Å². The van der Waals surface area contributed by atoms with Crippen LogP contribution in [-0.4, -0.2) is 35.2 Å². The number of para-hydroxylation sites is 1. The van der Waals surface area contributed by atoms with E-state index in [0.717, 1.165) is 27.5 Å². The van der Waals surface area contributed by atoms with Gasteiger partial charge >= 0.3 is 6.61 Å². The highest BCUT2D eigenvalue weighted by Gasteiger charge is 2.17. The number of nitrogens with zero attached hydrogens (tertiary/aromatic N) is 2. The van der Waals surface area contributed by atoms with E-state index in [1.807, 2.05) is 39.4 Å². The first-order valence-electron chi connectivity index (χ1n) is 9.67. The summed E-state index contributed by atoms with van der Waals surface area (Å²) in [4.78, 5) is 0. The van der Waals surface area contributed by atoms with Gasteiger partial charge in [0.1, 0.15) is 11.6 Å². The van der Waals surface area contributed by atoms with Crippen LogP contribution < -0.4 is 9.04 Å². The van der Waals surface area contributed by atoms with Gasteiger partial charge in [-0.1, -0.05) is 30.1 Å². The molecular weight excluding hydrogens is 425 g/mol. The number of hydrogen-bond donors (Lipinski definition) is 1. The molecule has 1 unspecified atom stereocenters. The maximum atomic E-state index is 13.8. The maximum Gasteiger partial charge on any atom is 0.387 e. The van der Waals surface area contributed by atoms with Gasteiger partial charge in [-0.2, -0.15) is 8.78 Å². The second-order valence-corrected chi connectivity index (χ2v) is 7.87. The Hall–Kier alpha value is -2.84. The average Bonchev–Trinajstić information content (AvgIpc) is 3.05. The van der Waals surface area contributed by atoms with Crippen LogP contribution in [0, 0.1) is 5.82 Å². The van der Waals surface area contributed by atoms with Crippen molar-refractivity contribution in [3.8, 4) is 5.75 Å². The summed E-state index contributed by atoms with van der Waals surface area (Å²) in [6, 6.07) is 18.7. The van der Waals surface area contributed by atoms with Crippen LogP contribution in [-0.2, 0) is 6.54 Å². The van der Waals surface area contributed by atoms with Gasteiger partial charge in [0.2, 0.25) is 0 Å². The molecule has 4 aromatic rings. The number of aromatic nitrogens is 1. The molecular formula is C23H21F3N2O2S. The van der Waals surface area contributed by atoms with Gasteiger partial charge in [-0.15, -0.1) is 0 Å². The van der Waals surface area contributed by atoms with Crippen LogP contribution in [0.2, 0.25) is 0 Å². The fraction of sp³-hybridized carbons (Fsp3) is 0.217. The molecule has 0 spiro atoms. The Morgan fingerprint density at radius 1 is 1.00 bits per heavy atom. The number of halogens is 3. The second-order valence-electron chi connectivity index (χ2n) is 7.06. The fourth-order valence-corrected chi connectivity index (χ4v) is 4.42. The van der Waals surface area contributed by atoms with E-state index >= 15 is 0 Å². The van der Waals surface area contributed by atoms with Crippen LogP contribution in [0.5, 0.6) is 5.75 Å². The van der Waals surface area contributed by atoms with Crippen molar-refractivity contribution in [1.82, 2.24) is 4.57 Å². The Labute approximate surface area is 182 Å². The molecule has 4 nitrogen and oxygen atoms in total. The second kappa shape index (κ2) is 9.11. The molecule has 1 N–H and O–H groups in total. The summed E-state index contributed by atoms with van der Waals surface area (Å²) in [5, 5.41) is 12.6. The number of fused-ring (bicyclic) bond motifs is 3. The number of aliphatic hydroxyl groups is 1. The van der Waals surface area contributed by atoms with Crippen molar-refractivity contribution in [3.63, 3.8) is 0 Å². The highest BCUT2D eigenvalue weighted by Crippen LogP contribution is 2.30. The normalized spacial score (nSPS) is 12.6. The Kier molecular flexibility index (Phi) is 6.29. The van der Waals surface area contributed by atoms with E-state index in [2.05, 4.69) is 4.74 Å². The van der Waals surface area contributed by atoms with Crippen LogP contribution >= 0.6 is 11.9 Å². The van der Waals surface area contributed by atoms with E-state index in [0.29, 0.717) is 13.1 Å². The van der Waals surface area contributed by atoms with Crippen LogP contribution in [0.3, 0.4) is 0 Å². The van der Waals surface area contributed by atoms with Crippen molar-refractivity contribution >= 4 is 39.4 Å². The van der Waals surface area contributed by atoms with Crippen molar-refractivity contribution in [1.29, 1.82) is 0 Å². The summed E-state index contributed by atoms with van der Waals surface area (Å²) in [7, 11) is 0. The molecule has 0 amide bonds. The fourth-order valence-electron chi connectivity index (χ4n) is 3.76. The maximum absolute atomic E-state index is 13.8. The predicted molar refractivity (Wildman–Crippen MR) is 119 cm³/mol. The topological polar surface area (TPSA) is 37.6 Å². The van der Waals surface area contributed by atoms with E-state index in [-0.39, 0.29) is 11.6 Å². The largest absolute Gasteiger partial charge is 0.435 e. The summed E-state index contributed by atoms with van der Waals surface area (Å²) < 4.78 is 46.8. The summed E-state index contributed by atoms with van der Waals surface area (Å²) >= 11 is 1.42. The van der Waals surface area contributed by atoms with E-state index in [1.54, 1.807) is 18.2 Å². The highest BCUT2D eigenvalue weighted by molar-refractivity contribution is 7.99. The molecule has 0 aliphatic rings. The summed E-state index contributed by atoms with van der Waals surface area (Å²) in [5.41, 5.74) is 2.54. The van der Waals surface area contributed by atoms with Crippen LogP contribution in [0.25, 0.3) is 21.8 Å². The SMILES string of the molecule is CSN(CC(O)Cn1c2ccccc2c2cc(F)ccc21)c1ccc(OC(F)F)cc1. The lowest BCUT2D eigenvalue weighted by Gasteiger charge is -2.25. The molecule has 4 rings (SSSR count). The number of aliphatic hydroxyl groups excluding tert-OH is 1. The zero-order valence-electron chi connectivity index (χ0n) is 16.7. The lowest BCUT2D eigenvalue weighted by Crippen LogP contribution is -2.30. The molecule has 1 atom stereocenters. The van der Waals surface area contributed by atoms with Gasteiger partial charge in [-0.05, 0) is 48.5 Å². The third-order valence-corrected chi connectivity index (χ3v) is 5.88. The minimum absolute atomic E-state index is 0.0814. The van der Waals surface area contributed by atoms with Crippen molar-refractivity contribution in [2.24, 2.45) is 0 Å². The van der Waals surface area contributed by atoms with Gasteiger partial charge in [0.25, 0.3) is 0 Å². The third-order valence-electron chi connectivity index (χ3n) is 5.07. The zero-order chi connectivity index (χ0) is 22.0. The van der Waals surface area contributed by atoms with Crippen molar-refractivity contribution in [2.75, 3.05) is 17.1 Å². The molecule has 0 saturated carbocycles. The molecule has 0 bridgehead atoms. The number of hydrogen-bond acceptors (Lipinski definition) is 4. The predicted octanol–water partition coefficient (Wildman–Crippen LogP) is 5.68. The zero-order valence-corrected chi connectivity index (χ0v) is 17.5. The van der Waals surface area contributed by atoms with Crippen LogP contribution in [0.15, 0.2) is 66.7 Å². The third kappa shape index (κ3) is 4.60. The lowest BCUT2D eigenvalue weighted by atomic mass is 10.1. The first-order chi connectivity index (χ1) is 15.0. The summed E-state index contributed by atoms with van der Waals surface area (Å²) in [5.74, 6) is -0.221. The average molecular weight is 446 g/mol. The minimum atomic E-state index is -2.87. The van der Waals surface area contributed by atoms with Crippen molar-refractivity contribution < 1.29 is 23.0 Å². The van der Waals surface area contributed by atoms with Crippen LogP contribution in [0.1, 0.15) is 0 Å². The van der Waals surface area contributed by atoms with Crippen molar-refractivity contribution in [2.45, 2.75) is 19.3 Å². The van der Waals surface area contributed by atoms with Gasteiger partial charge in [0.05, 0.1) is 19.2 Å². The molecule has 0 radical (unpaired) electrons. The molecule has 162 valence electrons. The smallest absolute Gasteiger partial charge is 0.387 e. The molecule has 0 fully saturated rings. The van der Waals surface area contributed by atoms with E-state index in [4.69, 9.17) is 0 Å². The lowest BCUT2D eigenvalue weighted by molar-refractivity contribution is -0.0498. The minimum Gasteiger partial charge on any atom is -0.435 e. The Balaban J connectivity index is 1.56. The van der Waals surface area contributed by atoms with Crippen molar-refractivity contribution in [3.05, 3.63) is 72.5 Å². The number of rotatable bonds is 8. The molecule has 31 heavy (non-hydrogen) atoms. The van der Waals surface area contributed by atoms with Gasteiger partial charge in [-0.3, -0.25) is 0 Å². The van der Waals surface area contributed by atoms with E-state index in [1.165, 1.54) is 36.2 Å². The van der Waals surface area contributed by atoms with Gasteiger partial charge in [0, 0.05) is 33.7 Å². The standard InChI is InChI=1S/C23H21F3N2O2S/c1-31-28(16-7-9-18(10-8-16)30-23(25)26)14-17(29)13-27-21-5-3-2-4-19(21)20-12-15(24)6-11-22(20)27/h2-12,17,23,29H,13-14H2,1H3. The van der Waals surface area contributed by atoms with E-state index in [9.17, 15) is 18.3 Å². The monoisotopic (exact) mass is 446 g/mol. The molecule has 0 aliphatic heterocycles. The number of benzene rings is 3.